The van der Waals surface area contributed by atoms with Gasteiger partial charge in [0.05, 0.1) is 10.6 Å². The Morgan fingerprint density at radius 3 is 2.10 bits per heavy atom. The summed E-state index contributed by atoms with van der Waals surface area (Å²) in [5, 5.41) is 2.79. The normalized spacial score (nSPS) is 11.3. The van der Waals surface area contributed by atoms with Crippen LogP contribution in [-0.2, 0) is 14.8 Å². The first-order valence-electron chi connectivity index (χ1n) is 9.50. The molecule has 3 aromatic carbocycles. The Hall–Kier alpha value is -2.64. The number of sulfonamides is 1. The lowest BCUT2D eigenvalue weighted by atomic mass is 10.0. The van der Waals surface area contributed by atoms with Crippen molar-refractivity contribution in [1.29, 1.82) is 0 Å². The second-order valence-corrected chi connectivity index (χ2v) is 9.90. The molecule has 0 fully saturated rings. The number of nitrogens with one attached hydrogen (secondary N) is 1. The first-order chi connectivity index (χ1) is 14.3. The van der Waals surface area contributed by atoms with Gasteiger partial charge in [-0.05, 0) is 60.0 Å². The van der Waals surface area contributed by atoms with Crippen molar-refractivity contribution in [3.63, 3.8) is 0 Å². The van der Waals surface area contributed by atoms with Crippen molar-refractivity contribution in [1.82, 2.24) is 0 Å². The van der Waals surface area contributed by atoms with Crippen molar-refractivity contribution >= 4 is 43.2 Å². The number of nitrogens with zero attached hydrogens (tertiary/aromatic N) is 1. The minimum absolute atomic E-state index is 0.127. The van der Waals surface area contributed by atoms with Gasteiger partial charge in [-0.25, -0.2) is 8.42 Å². The number of halogens is 1. The van der Waals surface area contributed by atoms with Crippen LogP contribution in [0.2, 0.25) is 0 Å². The highest BCUT2D eigenvalue weighted by molar-refractivity contribution is 9.10. The van der Waals surface area contributed by atoms with Crippen molar-refractivity contribution < 1.29 is 13.2 Å². The molecule has 0 aromatic heterocycles. The fourth-order valence-electron chi connectivity index (χ4n) is 2.92. The second kappa shape index (κ2) is 9.45. The molecule has 0 radical (unpaired) electrons. The summed E-state index contributed by atoms with van der Waals surface area (Å²) >= 11 is 3.35. The molecule has 156 valence electrons. The topological polar surface area (TPSA) is 66.5 Å². The smallest absolute Gasteiger partial charge is 0.264 e. The highest BCUT2D eigenvalue weighted by Gasteiger charge is 2.27. The molecule has 5 nitrogen and oxygen atoms in total. The van der Waals surface area contributed by atoms with Gasteiger partial charge in [0.2, 0.25) is 5.91 Å². The minimum atomic E-state index is -3.92. The van der Waals surface area contributed by atoms with Crippen LogP contribution in [0.3, 0.4) is 0 Å². The Bertz CT molecular complexity index is 1100. The third-order valence-electron chi connectivity index (χ3n) is 4.59. The van der Waals surface area contributed by atoms with Crippen LogP contribution < -0.4 is 9.62 Å². The Morgan fingerprint density at radius 1 is 0.933 bits per heavy atom. The van der Waals surface area contributed by atoms with Gasteiger partial charge in [0, 0.05) is 10.2 Å². The van der Waals surface area contributed by atoms with E-state index in [1.807, 2.05) is 24.3 Å². The zero-order chi connectivity index (χ0) is 21.7. The van der Waals surface area contributed by atoms with E-state index in [1.54, 1.807) is 42.5 Å². The van der Waals surface area contributed by atoms with Crippen LogP contribution in [-0.4, -0.2) is 20.9 Å². The number of benzene rings is 3. The first-order valence-corrected chi connectivity index (χ1v) is 11.7. The van der Waals surface area contributed by atoms with Crippen LogP contribution in [0.1, 0.15) is 25.3 Å². The molecule has 0 saturated carbocycles. The maximum absolute atomic E-state index is 13.3. The molecule has 7 heteroatoms. The van der Waals surface area contributed by atoms with Gasteiger partial charge in [-0.2, -0.15) is 0 Å². The average molecular weight is 487 g/mol. The van der Waals surface area contributed by atoms with E-state index in [0.717, 1.165) is 14.3 Å². The second-order valence-electron chi connectivity index (χ2n) is 7.13. The maximum Gasteiger partial charge on any atom is 0.264 e. The monoisotopic (exact) mass is 486 g/mol. The molecular weight excluding hydrogens is 464 g/mol. The van der Waals surface area contributed by atoms with Crippen molar-refractivity contribution in [2.45, 2.75) is 24.7 Å². The number of hydrogen-bond donors (Lipinski definition) is 1. The number of carbonyl (C=O) groups is 1. The van der Waals surface area contributed by atoms with Gasteiger partial charge >= 0.3 is 0 Å². The summed E-state index contributed by atoms with van der Waals surface area (Å²) in [6.45, 7) is 3.85. The number of carbonyl (C=O) groups excluding carboxylic acids is 1. The molecule has 0 spiro atoms. The van der Waals surface area contributed by atoms with E-state index in [2.05, 4.69) is 35.1 Å². The Kier molecular flexibility index (Phi) is 6.95. The maximum atomic E-state index is 13.3. The standard InChI is InChI=1S/C23H23BrN2O3S/c1-17(2)18-8-12-20(13-9-18)25-23(27)16-26(21-14-10-19(24)11-15-21)30(28,29)22-6-4-3-5-7-22/h3-15,17H,16H2,1-2H3,(H,25,27). The van der Waals surface area contributed by atoms with E-state index in [0.29, 0.717) is 17.3 Å². The largest absolute Gasteiger partial charge is 0.325 e. The van der Waals surface area contributed by atoms with Crippen LogP contribution in [0.25, 0.3) is 0 Å². The zero-order valence-corrected chi connectivity index (χ0v) is 19.2. The predicted molar refractivity (Wildman–Crippen MR) is 124 cm³/mol. The molecule has 30 heavy (non-hydrogen) atoms. The first kappa shape index (κ1) is 22.1. The number of hydrogen-bond acceptors (Lipinski definition) is 3. The highest BCUT2D eigenvalue weighted by Crippen LogP contribution is 2.25. The molecule has 0 saturated heterocycles. The van der Waals surface area contributed by atoms with Gasteiger partial charge in [0.15, 0.2) is 0 Å². The molecule has 0 aliphatic heterocycles. The molecule has 0 bridgehead atoms. The molecule has 3 rings (SSSR count). The van der Waals surface area contributed by atoms with Crippen LogP contribution in [0.15, 0.2) is 88.2 Å². The lowest BCUT2D eigenvalue weighted by molar-refractivity contribution is -0.114. The molecule has 0 aliphatic rings. The molecule has 3 aromatic rings. The summed E-state index contributed by atoms with van der Waals surface area (Å²) in [6, 6.07) is 22.4. The van der Waals surface area contributed by atoms with Crippen LogP contribution in [0.5, 0.6) is 0 Å². The molecule has 0 unspecified atom stereocenters. The number of amides is 1. The summed E-state index contributed by atoms with van der Waals surface area (Å²) in [5.74, 6) is -0.0339. The van der Waals surface area contributed by atoms with Gasteiger partial charge < -0.3 is 5.32 Å². The zero-order valence-electron chi connectivity index (χ0n) is 16.7. The van der Waals surface area contributed by atoms with E-state index in [9.17, 15) is 13.2 Å². The Balaban J connectivity index is 1.87. The fourth-order valence-corrected chi connectivity index (χ4v) is 4.63. The number of rotatable bonds is 7. The van der Waals surface area contributed by atoms with Crippen LogP contribution in [0.4, 0.5) is 11.4 Å². The molecule has 1 amide bonds. The summed E-state index contributed by atoms with van der Waals surface area (Å²) in [7, 11) is -3.92. The molecule has 1 N–H and O–H groups in total. The van der Waals surface area contributed by atoms with Gasteiger partial charge in [-0.1, -0.05) is 60.1 Å². The van der Waals surface area contributed by atoms with E-state index >= 15 is 0 Å². The summed E-state index contributed by atoms with van der Waals surface area (Å²) in [4.78, 5) is 12.9. The molecule has 0 atom stereocenters. The van der Waals surface area contributed by atoms with Crippen molar-refractivity contribution in [3.05, 3.63) is 88.9 Å². The third kappa shape index (κ3) is 5.29. The van der Waals surface area contributed by atoms with Crippen LogP contribution in [0, 0.1) is 0 Å². The highest BCUT2D eigenvalue weighted by atomic mass is 79.9. The van der Waals surface area contributed by atoms with E-state index in [-0.39, 0.29) is 11.4 Å². The van der Waals surface area contributed by atoms with Gasteiger partial charge in [-0.3, -0.25) is 9.10 Å². The lowest BCUT2D eigenvalue weighted by Gasteiger charge is -2.24. The molecule has 0 aliphatic carbocycles. The van der Waals surface area contributed by atoms with Gasteiger partial charge in [-0.15, -0.1) is 0 Å². The van der Waals surface area contributed by atoms with Crippen LogP contribution >= 0.6 is 15.9 Å². The van der Waals surface area contributed by atoms with E-state index < -0.39 is 15.9 Å². The quantitative estimate of drug-likeness (QED) is 0.485. The minimum Gasteiger partial charge on any atom is -0.325 e. The Morgan fingerprint density at radius 2 is 1.53 bits per heavy atom. The van der Waals surface area contributed by atoms with E-state index in [4.69, 9.17) is 0 Å². The summed E-state index contributed by atoms with van der Waals surface area (Å²) in [6.07, 6.45) is 0. The lowest BCUT2D eigenvalue weighted by Crippen LogP contribution is -2.38. The molecular formula is C23H23BrN2O3S. The van der Waals surface area contributed by atoms with E-state index in [1.165, 1.54) is 12.1 Å². The van der Waals surface area contributed by atoms with Crippen molar-refractivity contribution in [3.8, 4) is 0 Å². The predicted octanol–water partition coefficient (Wildman–Crippen LogP) is 5.41. The Labute approximate surface area is 185 Å². The average Bonchev–Trinajstić information content (AvgIpc) is 2.74. The summed E-state index contributed by atoms with van der Waals surface area (Å²) < 4.78 is 28.5. The number of anilines is 2. The molecule has 0 heterocycles. The van der Waals surface area contributed by atoms with Gasteiger partial charge in [0.1, 0.15) is 6.54 Å². The van der Waals surface area contributed by atoms with Gasteiger partial charge in [0.25, 0.3) is 10.0 Å². The third-order valence-corrected chi connectivity index (χ3v) is 6.91. The summed E-state index contributed by atoms with van der Waals surface area (Å²) in [5.41, 5.74) is 2.20. The SMILES string of the molecule is CC(C)c1ccc(NC(=O)CN(c2ccc(Br)cc2)S(=O)(=O)c2ccccc2)cc1. The fraction of sp³-hybridized carbons (Fsp3) is 0.174. The van der Waals surface area contributed by atoms with Crippen molar-refractivity contribution in [2.24, 2.45) is 0 Å². The van der Waals surface area contributed by atoms with Crippen molar-refractivity contribution in [2.75, 3.05) is 16.2 Å².